The van der Waals surface area contributed by atoms with Gasteiger partial charge in [0.05, 0.1) is 19.4 Å². The van der Waals surface area contributed by atoms with Gasteiger partial charge in [0.1, 0.15) is 18.8 Å². The topological polar surface area (TPSA) is 75.4 Å². The fraction of sp³-hybridized carbons (Fsp3) is 0.385. The summed E-state index contributed by atoms with van der Waals surface area (Å²) >= 11 is 3.31. The van der Waals surface area contributed by atoms with Gasteiger partial charge in [-0.3, -0.25) is 4.79 Å². The zero-order valence-corrected chi connectivity index (χ0v) is 12.5. The summed E-state index contributed by atoms with van der Waals surface area (Å²) in [5.41, 5.74) is 3.01. The van der Waals surface area contributed by atoms with Crippen molar-refractivity contribution in [2.75, 3.05) is 32.8 Å². The maximum Gasteiger partial charge on any atom is 0.295 e. The molecule has 20 heavy (non-hydrogen) atoms. The SMILES string of the molecule is O=C(C[NH+]1CCOCC1)N/N=C/c1cc(Br)ccc1O. The number of benzene rings is 1. The molecular formula is C13H17BrN3O3+. The number of carbonyl (C=O) groups excluding carboxylic acids is 1. The van der Waals surface area contributed by atoms with E-state index in [4.69, 9.17) is 4.74 Å². The van der Waals surface area contributed by atoms with Gasteiger partial charge in [-0.2, -0.15) is 5.10 Å². The average molecular weight is 343 g/mol. The Morgan fingerprint density at radius 2 is 2.25 bits per heavy atom. The van der Waals surface area contributed by atoms with Gasteiger partial charge in [-0.1, -0.05) is 15.9 Å². The number of aromatic hydroxyl groups is 1. The second-order valence-corrected chi connectivity index (χ2v) is 5.45. The molecule has 0 aliphatic carbocycles. The molecule has 2 rings (SSSR count). The van der Waals surface area contributed by atoms with E-state index >= 15 is 0 Å². The fourth-order valence-corrected chi connectivity index (χ4v) is 2.28. The molecule has 3 N–H and O–H groups in total. The first-order valence-electron chi connectivity index (χ1n) is 6.37. The molecule has 1 aliphatic heterocycles. The zero-order valence-electron chi connectivity index (χ0n) is 10.9. The molecule has 0 radical (unpaired) electrons. The van der Waals surface area contributed by atoms with Crippen LogP contribution in [-0.2, 0) is 9.53 Å². The standard InChI is InChI=1S/C13H16BrN3O3/c14-11-1-2-12(18)10(7-11)8-15-16-13(19)9-17-3-5-20-6-4-17/h1-2,7-8,18H,3-6,9H2,(H,16,19)/p+1/b15-8+. The van der Waals surface area contributed by atoms with Crippen molar-refractivity contribution in [2.24, 2.45) is 5.10 Å². The lowest BCUT2D eigenvalue weighted by atomic mass is 10.2. The quantitative estimate of drug-likeness (QED) is 0.511. The number of quaternary nitrogens is 1. The number of amides is 1. The Labute approximate surface area is 125 Å². The Morgan fingerprint density at radius 3 is 3.00 bits per heavy atom. The summed E-state index contributed by atoms with van der Waals surface area (Å²) in [5, 5.41) is 13.5. The van der Waals surface area contributed by atoms with Crippen molar-refractivity contribution >= 4 is 28.1 Å². The van der Waals surface area contributed by atoms with Crippen molar-refractivity contribution in [3.63, 3.8) is 0 Å². The lowest BCUT2D eigenvalue weighted by Crippen LogP contribution is -3.15. The van der Waals surface area contributed by atoms with Crippen LogP contribution in [0.3, 0.4) is 0 Å². The van der Waals surface area contributed by atoms with Gasteiger partial charge in [-0.05, 0) is 18.2 Å². The van der Waals surface area contributed by atoms with Crippen molar-refractivity contribution in [1.29, 1.82) is 0 Å². The molecule has 7 heteroatoms. The van der Waals surface area contributed by atoms with Crippen molar-refractivity contribution in [1.82, 2.24) is 5.43 Å². The van der Waals surface area contributed by atoms with Crippen LogP contribution < -0.4 is 10.3 Å². The minimum atomic E-state index is -0.146. The zero-order chi connectivity index (χ0) is 14.4. The minimum absolute atomic E-state index is 0.116. The van der Waals surface area contributed by atoms with Crippen LogP contribution in [0.4, 0.5) is 0 Å². The first-order valence-corrected chi connectivity index (χ1v) is 7.16. The van der Waals surface area contributed by atoms with E-state index in [-0.39, 0.29) is 11.7 Å². The highest BCUT2D eigenvalue weighted by Gasteiger charge is 2.16. The second kappa shape index (κ2) is 7.37. The molecule has 1 saturated heterocycles. The molecule has 0 atom stereocenters. The van der Waals surface area contributed by atoms with Gasteiger partial charge in [-0.25, -0.2) is 5.43 Å². The van der Waals surface area contributed by atoms with E-state index in [1.54, 1.807) is 18.2 Å². The van der Waals surface area contributed by atoms with Crippen molar-refractivity contribution in [2.45, 2.75) is 0 Å². The third kappa shape index (κ3) is 4.59. The van der Waals surface area contributed by atoms with Crippen LogP contribution in [0.2, 0.25) is 0 Å². The fourth-order valence-electron chi connectivity index (χ4n) is 1.91. The van der Waals surface area contributed by atoms with Crippen molar-refractivity contribution < 1.29 is 19.5 Å². The molecule has 1 amide bonds. The van der Waals surface area contributed by atoms with Crippen LogP contribution in [0.1, 0.15) is 5.56 Å². The van der Waals surface area contributed by atoms with E-state index in [0.717, 1.165) is 17.6 Å². The normalized spacial score (nSPS) is 16.4. The highest BCUT2D eigenvalue weighted by Crippen LogP contribution is 2.19. The van der Waals surface area contributed by atoms with Crippen LogP contribution in [0.15, 0.2) is 27.8 Å². The number of halogens is 1. The number of hydrazone groups is 1. The van der Waals surface area contributed by atoms with Crippen molar-refractivity contribution in [3.8, 4) is 5.75 Å². The number of carbonyl (C=O) groups is 1. The molecule has 1 aromatic rings. The van der Waals surface area contributed by atoms with Gasteiger partial charge in [0, 0.05) is 10.0 Å². The first-order chi connectivity index (χ1) is 9.65. The van der Waals surface area contributed by atoms with Crippen LogP contribution in [-0.4, -0.2) is 50.1 Å². The summed E-state index contributed by atoms with van der Waals surface area (Å²) in [7, 11) is 0. The molecule has 0 spiro atoms. The van der Waals surface area contributed by atoms with Gasteiger partial charge >= 0.3 is 0 Å². The highest BCUT2D eigenvalue weighted by atomic mass is 79.9. The van der Waals surface area contributed by atoms with Gasteiger partial charge in [0.15, 0.2) is 6.54 Å². The van der Waals surface area contributed by atoms with E-state index in [1.165, 1.54) is 11.1 Å². The summed E-state index contributed by atoms with van der Waals surface area (Å²) in [5.74, 6) is -0.0300. The summed E-state index contributed by atoms with van der Waals surface area (Å²) in [6, 6.07) is 5.01. The molecule has 1 aliphatic rings. The monoisotopic (exact) mass is 342 g/mol. The third-order valence-electron chi connectivity index (χ3n) is 2.99. The molecule has 6 nitrogen and oxygen atoms in total. The number of ether oxygens (including phenoxy) is 1. The number of hydrogen-bond donors (Lipinski definition) is 3. The number of nitrogens with zero attached hydrogens (tertiary/aromatic N) is 1. The summed E-state index contributed by atoms with van der Waals surface area (Å²) in [6.07, 6.45) is 1.42. The Morgan fingerprint density at radius 1 is 1.50 bits per heavy atom. The third-order valence-corrected chi connectivity index (χ3v) is 3.49. The molecule has 1 aromatic carbocycles. The van der Waals surface area contributed by atoms with Gasteiger partial charge in [0.25, 0.3) is 5.91 Å². The molecule has 1 heterocycles. The average Bonchev–Trinajstić information content (AvgIpc) is 2.44. The molecule has 108 valence electrons. The molecule has 0 aromatic heterocycles. The Kier molecular flexibility index (Phi) is 5.51. The van der Waals surface area contributed by atoms with Crippen LogP contribution in [0, 0.1) is 0 Å². The van der Waals surface area contributed by atoms with Crippen LogP contribution in [0.5, 0.6) is 5.75 Å². The predicted molar refractivity (Wildman–Crippen MR) is 77.9 cm³/mol. The van der Waals surface area contributed by atoms with E-state index in [1.807, 2.05) is 0 Å². The predicted octanol–water partition coefficient (Wildman–Crippen LogP) is -0.480. The molecular weight excluding hydrogens is 326 g/mol. The maximum absolute atomic E-state index is 11.7. The van der Waals surface area contributed by atoms with E-state index in [2.05, 4.69) is 26.5 Å². The minimum Gasteiger partial charge on any atom is -0.507 e. The molecule has 1 fully saturated rings. The van der Waals surface area contributed by atoms with Crippen molar-refractivity contribution in [3.05, 3.63) is 28.2 Å². The van der Waals surface area contributed by atoms with Crippen LogP contribution in [0.25, 0.3) is 0 Å². The first kappa shape index (κ1) is 15.0. The maximum atomic E-state index is 11.7. The van der Waals surface area contributed by atoms with Crippen LogP contribution >= 0.6 is 15.9 Å². The number of hydrogen-bond acceptors (Lipinski definition) is 4. The van der Waals surface area contributed by atoms with Gasteiger partial charge in [0.2, 0.25) is 0 Å². The van der Waals surface area contributed by atoms with E-state index in [9.17, 15) is 9.90 Å². The van der Waals surface area contributed by atoms with Gasteiger partial charge in [-0.15, -0.1) is 0 Å². The highest BCUT2D eigenvalue weighted by molar-refractivity contribution is 9.10. The number of morpholine rings is 1. The number of phenols is 1. The lowest BCUT2D eigenvalue weighted by molar-refractivity contribution is -0.900. The lowest BCUT2D eigenvalue weighted by Gasteiger charge is -2.22. The van der Waals surface area contributed by atoms with E-state index in [0.29, 0.717) is 25.3 Å². The van der Waals surface area contributed by atoms with Gasteiger partial charge < -0.3 is 14.7 Å². The number of nitrogens with one attached hydrogen (secondary N) is 2. The largest absolute Gasteiger partial charge is 0.507 e. The summed E-state index contributed by atoms with van der Waals surface area (Å²) < 4.78 is 6.06. The Hall–Kier alpha value is -1.44. The second-order valence-electron chi connectivity index (χ2n) is 4.54. The molecule has 0 saturated carbocycles. The Bertz CT molecular complexity index is 502. The number of rotatable bonds is 4. The molecule has 0 unspecified atom stereocenters. The van der Waals surface area contributed by atoms with E-state index < -0.39 is 0 Å². The summed E-state index contributed by atoms with van der Waals surface area (Å²) in [6.45, 7) is 3.44. The molecule has 0 bridgehead atoms. The number of phenolic OH excluding ortho intramolecular Hbond substituents is 1. The summed E-state index contributed by atoms with van der Waals surface area (Å²) in [4.78, 5) is 12.9. The smallest absolute Gasteiger partial charge is 0.295 e. The Balaban J connectivity index is 1.83.